The maximum atomic E-state index is 10.3. The molecule has 9 heavy (non-hydrogen) atoms. The summed E-state index contributed by atoms with van der Waals surface area (Å²) >= 11 is 0. The van der Waals surface area contributed by atoms with Crippen LogP contribution in [0.25, 0.3) is 0 Å². The molecule has 0 bridgehead atoms. The SMILES string of the molecule is [CH2-]C(N)C(=O)OCC.[Pr]. The van der Waals surface area contributed by atoms with E-state index in [9.17, 15) is 4.79 Å². The van der Waals surface area contributed by atoms with Crippen LogP contribution in [-0.4, -0.2) is 18.6 Å². The Kier molecular flexibility index (Phi) is 9.57. The summed E-state index contributed by atoms with van der Waals surface area (Å²) < 4.78 is 4.48. The topological polar surface area (TPSA) is 52.3 Å². The van der Waals surface area contributed by atoms with Crippen molar-refractivity contribution in [3.05, 3.63) is 6.92 Å². The Morgan fingerprint density at radius 2 is 2.33 bits per heavy atom. The Morgan fingerprint density at radius 1 is 1.89 bits per heavy atom. The van der Waals surface area contributed by atoms with Crippen molar-refractivity contribution in [1.29, 1.82) is 0 Å². The third-order valence-corrected chi connectivity index (χ3v) is 0.589. The van der Waals surface area contributed by atoms with Crippen LogP contribution < -0.4 is 5.73 Å². The molecule has 0 aromatic rings. The molecule has 0 fully saturated rings. The molecule has 1 unspecified atom stereocenters. The summed E-state index contributed by atoms with van der Waals surface area (Å²) in [6.45, 7) is 5.35. The summed E-state index contributed by atoms with van der Waals surface area (Å²) in [5.41, 5.74) is 5.04. The number of carbonyl (C=O) groups is 1. The molecule has 0 heterocycles. The Morgan fingerprint density at radius 3 is 2.44 bits per heavy atom. The van der Waals surface area contributed by atoms with Gasteiger partial charge in [0, 0.05) is 41.3 Å². The van der Waals surface area contributed by atoms with Crippen LogP contribution in [0.15, 0.2) is 0 Å². The number of hydrogen-bond donors (Lipinski definition) is 1. The first-order valence-corrected chi connectivity index (χ1v) is 2.43. The van der Waals surface area contributed by atoms with Gasteiger partial charge in [0.15, 0.2) is 0 Å². The summed E-state index contributed by atoms with van der Waals surface area (Å²) in [5.74, 6) is -0.451. The molecule has 0 saturated carbocycles. The van der Waals surface area contributed by atoms with E-state index in [2.05, 4.69) is 11.7 Å². The molecule has 0 rings (SSSR count). The van der Waals surface area contributed by atoms with E-state index in [-0.39, 0.29) is 41.3 Å². The number of rotatable bonds is 2. The minimum absolute atomic E-state index is 0. The molecular formula is C5H10NO2Pr-. The van der Waals surface area contributed by atoms with E-state index in [0.29, 0.717) is 6.61 Å². The first-order valence-electron chi connectivity index (χ1n) is 2.43. The van der Waals surface area contributed by atoms with Gasteiger partial charge in [-0.15, -0.1) is 0 Å². The smallest absolute Gasteiger partial charge is 0.291 e. The number of hydrogen-bond acceptors (Lipinski definition) is 3. The van der Waals surface area contributed by atoms with Crippen LogP contribution in [0.2, 0.25) is 0 Å². The van der Waals surface area contributed by atoms with Crippen LogP contribution in [0.3, 0.4) is 0 Å². The number of ether oxygens (including phenoxy) is 1. The van der Waals surface area contributed by atoms with Gasteiger partial charge in [-0.1, -0.05) is 0 Å². The Labute approximate surface area is 88.3 Å². The van der Waals surface area contributed by atoms with Crippen molar-refractivity contribution in [2.75, 3.05) is 6.61 Å². The molecule has 0 aliphatic heterocycles. The summed E-state index contributed by atoms with van der Waals surface area (Å²) in [6.07, 6.45) is 0. The van der Waals surface area contributed by atoms with E-state index < -0.39 is 12.0 Å². The first-order chi connectivity index (χ1) is 3.68. The fourth-order valence-corrected chi connectivity index (χ4v) is 0.249. The monoisotopic (exact) mass is 257 g/mol. The van der Waals surface area contributed by atoms with Crippen molar-refractivity contribution < 1.29 is 50.8 Å². The van der Waals surface area contributed by atoms with Crippen molar-refractivity contribution >= 4 is 5.97 Å². The standard InChI is InChI=1S/C5H10NO2.Pr/c1-3-8-5(7)4(2)6;/h4H,2-3,6H2,1H3;/q-1;. The van der Waals surface area contributed by atoms with E-state index in [1.54, 1.807) is 6.92 Å². The van der Waals surface area contributed by atoms with E-state index in [1.807, 2.05) is 0 Å². The molecule has 0 aromatic heterocycles. The maximum absolute atomic E-state index is 10.3. The molecule has 0 aromatic carbocycles. The van der Waals surface area contributed by atoms with Gasteiger partial charge in [0.1, 0.15) is 0 Å². The van der Waals surface area contributed by atoms with E-state index >= 15 is 0 Å². The Bertz CT molecular complexity index is 85.0. The fraction of sp³-hybridized carbons (Fsp3) is 0.600. The van der Waals surface area contributed by atoms with Crippen LogP contribution in [0.4, 0.5) is 0 Å². The second-order valence-electron chi connectivity index (χ2n) is 1.36. The summed E-state index contributed by atoms with van der Waals surface area (Å²) in [5, 5.41) is 0. The number of carbonyl (C=O) groups excluding carboxylic acids is 1. The molecule has 0 amide bonds. The van der Waals surface area contributed by atoms with Crippen LogP contribution >= 0.6 is 0 Å². The predicted octanol–water partition coefficient (Wildman–Crippen LogP) is -0.289. The molecule has 0 saturated heterocycles. The third kappa shape index (κ3) is 6.68. The molecular weight excluding hydrogens is 247 g/mol. The van der Waals surface area contributed by atoms with E-state index in [4.69, 9.17) is 5.73 Å². The molecule has 1 radical (unpaired) electrons. The second-order valence-corrected chi connectivity index (χ2v) is 1.36. The predicted molar refractivity (Wildman–Crippen MR) is 30.0 cm³/mol. The van der Waals surface area contributed by atoms with Gasteiger partial charge in [0.2, 0.25) is 0 Å². The average molecular weight is 257 g/mol. The second kappa shape index (κ2) is 6.91. The van der Waals surface area contributed by atoms with Gasteiger partial charge in [-0.05, 0) is 13.0 Å². The molecule has 4 heteroatoms. The normalized spacial score (nSPS) is 11.4. The zero-order valence-corrected chi connectivity index (χ0v) is 9.17. The molecule has 2 N–H and O–H groups in total. The summed E-state index contributed by atoms with van der Waals surface area (Å²) in [4.78, 5) is 10.3. The zero-order valence-electron chi connectivity index (χ0n) is 5.46. The molecule has 3 nitrogen and oxygen atoms in total. The van der Waals surface area contributed by atoms with Crippen molar-refractivity contribution in [3.63, 3.8) is 0 Å². The van der Waals surface area contributed by atoms with Gasteiger partial charge in [-0.2, -0.15) is 0 Å². The van der Waals surface area contributed by atoms with Crippen molar-refractivity contribution in [1.82, 2.24) is 0 Å². The maximum Gasteiger partial charge on any atom is 0.291 e. The summed E-state index contributed by atoms with van der Waals surface area (Å²) in [7, 11) is 0. The van der Waals surface area contributed by atoms with Crippen molar-refractivity contribution in [2.45, 2.75) is 13.0 Å². The van der Waals surface area contributed by atoms with Gasteiger partial charge in [0.25, 0.3) is 5.97 Å². The third-order valence-electron chi connectivity index (χ3n) is 0.589. The van der Waals surface area contributed by atoms with Crippen LogP contribution in [0, 0.1) is 48.2 Å². The first kappa shape index (κ1) is 12.5. The molecule has 51 valence electrons. The minimum Gasteiger partial charge on any atom is -0.467 e. The zero-order chi connectivity index (χ0) is 6.57. The molecule has 0 spiro atoms. The van der Waals surface area contributed by atoms with Gasteiger partial charge in [-0.25, -0.2) is 0 Å². The van der Waals surface area contributed by atoms with Crippen LogP contribution in [0.1, 0.15) is 6.92 Å². The van der Waals surface area contributed by atoms with Gasteiger partial charge >= 0.3 is 0 Å². The minimum atomic E-state index is -0.741. The fourth-order valence-electron chi connectivity index (χ4n) is 0.249. The average Bonchev–Trinajstić information content (AvgIpc) is 1.67. The largest absolute Gasteiger partial charge is 0.467 e. The van der Waals surface area contributed by atoms with E-state index in [0.717, 1.165) is 0 Å². The quantitative estimate of drug-likeness (QED) is 0.546. The number of nitrogens with two attached hydrogens (primary N) is 1. The van der Waals surface area contributed by atoms with Crippen molar-refractivity contribution in [3.8, 4) is 0 Å². The van der Waals surface area contributed by atoms with Crippen LogP contribution in [-0.2, 0) is 9.53 Å². The van der Waals surface area contributed by atoms with E-state index in [1.165, 1.54) is 0 Å². The van der Waals surface area contributed by atoms with Gasteiger partial charge < -0.3 is 17.4 Å². The Hall–Kier alpha value is 0.794. The van der Waals surface area contributed by atoms with Gasteiger partial charge in [-0.3, -0.25) is 4.79 Å². The summed E-state index contributed by atoms with van der Waals surface area (Å²) in [6, 6.07) is -0.741. The number of esters is 1. The van der Waals surface area contributed by atoms with Gasteiger partial charge in [0.05, 0.1) is 6.61 Å². The van der Waals surface area contributed by atoms with Crippen LogP contribution in [0.5, 0.6) is 0 Å². The van der Waals surface area contributed by atoms with Crippen molar-refractivity contribution in [2.24, 2.45) is 5.73 Å². The Balaban J connectivity index is 0. The molecule has 0 aliphatic carbocycles. The molecule has 0 aliphatic rings. The molecule has 1 atom stereocenters.